The molecule has 0 saturated heterocycles. The van der Waals surface area contributed by atoms with Crippen molar-refractivity contribution in [3.05, 3.63) is 413 Å². The Bertz CT molecular complexity index is 7930. The molecule has 6 aromatic heterocycles. The lowest BCUT2D eigenvalue weighted by molar-refractivity contribution is 1.18. The van der Waals surface area contributed by atoms with Gasteiger partial charge >= 0.3 is 0 Å². The smallest absolute Gasteiger partial charge is 0.0555 e. The Morgan fingerprint density at radius 3 is 0.939 bits per heavy atom. The predicted molar refractivity (Wildman–Crippen MR) is 489 cm³/mol. The lowest BCUT2D eigenvalue weighted by Crippen LogP contribution is -1.94. The molecule has 0 amide bonds. The summed E-state index contributed by atoms with van der Waals surface area (Å²) >= 11 is 3.78. The number of aromatic nitrogens is 4. The number of benzene rings is 18. The number of nitrogens with zero attached hydrogens (tertiary/aromatic N) is 4. The van der Waals surface area contributed by atoms with Gasteiger partial charge in [0.05, 0.1) is 44.1 Å². The van der Waals surface area contributed by atoms with Crippen LogP contribution in [0.1, 0.15) is 0 Å². The summed E-state index contributed by atoms with van der Waals surface area (Å²) in [6.07, 6.45) is 0. The fourth-order valence-corrected chi connectivity index (χ4v) is 20.5. The first-order valence-corrected chi connectivity index (χ1v) is 40.6. The maximum atomic E-state index is 2.45. The van der Waals surface area contributed by atoms with Gasteiger partial charge in [0, 0.05) is 106 Å². The van der Waals surface area contributed by atoms with Gasteiger partial charge < -0.3 is 18.3 Å². The number of hydrogen-bond acceptors (Lipinski definition) is 2. The molecule has 0 aliphatic carbocycles. The standard InChI is InChI=1S/2C54H34N2S/c1-3-12-35(13-4-1)37-22-26-41(27-23-37)55-50-30-25-40(34-47(50)53-51(55)31-28-45-44-19-8-10-21-52(44)57-54(45)53)39-24-29-49-46(33-39)43-18-7-9-20-48(43)56(49)42-17-11-16-38(32-42)36-14-5-2-6-15-36;1-3-12-35(13-4-1)37-22-26-41(27-23-37)55-49-29-25-40(34-46(49)53-50(55)30-31-52-54(53)44-19-8-10-21-51(44)57-52)39-24-28-48-45(33-39)43-18-7-9-20-47(43)56(48)42-17-11-16-38(32-42)36-14-5-2-6-15-36/h2*1-34H. The SMILES string of the molecule is c1ccc(-c2ccc(-n3c4ccc(-c5ccc6c(c5)c5ccccc5n6-c5cccc(-c6ccccc6)c5)cc4c4c5c(ccc43)sc3ccccc35)cc2)cc1.c1ccc(-c2ccc(-n3c4ccc(-c5ccc6c(c5)c5ccccc5n6-c5cccc(-c6ccccc6)c5)cc4c4c5sc6ccccc6c5ccc43)cc2)cc1. The third kappa shape index (κ3) is 10.7. The van der Waals surface area contributed by atoms with E-state index in [0.29, 0.717) is 0 Å². The summed E-state index contributed by atoms with van der Waals surface area (Å²) in [5.41, 5.74) is 28.9. The zero-order chi connectivity index (χ0) is 74.9. The minimum atomic E-state index is 1.16. The van der Waals surface area contributed by atoms with Crippen LogP contribution < -0.4 is 0 Å². The van der Waals surface area contributed by atoms with E-state index in [1.54, 1.807) is 0 Å². The molecule has 24 rings (SSSR count). The van der Waals surface area contributed by atoms with Crippen molar-refractivity contribution in [3.8, 4) is 89.5 Å². The van der Waals surface area contributed by atoms with Gasteiger partial charge in [-0.05, 0) is 206 Å². The van der Waals surface area contributed by atoms with E-state index in [9.17, 15) is 0 Å². The summed E-state index contributed by atoms with van der Waals surface area (Å²) in [6, 6.07) is 151. The van der Waals surface area contributed by atoms with Crippen LogP contribution >= 0.6 is 22.7 Å². The van der Waals surface area contributed by atoms with Crippen molar-refractivity contribution in [3.63, 3.8) is 0 Å². The number of para-hydroxylation sites is 2. The third-order valence-electron chi connectivity index (χ3n) is 23.4. The first kappa shape index (κ1) is 65.5. The molecule has 18 aromatic carbocycles. The van der Waals surface area contributed by atoms with Crippen molar-refractivity contribution >= 4 is 150 Å². The molecule has 0 unspecified atom stereocenters. The topological polar surface area (TPSA) is 19.7 Å². The molecule has 0 radical (unpaired) electrons. The van der Waals surface area contributed by atoms with Gasteiger partial charge in [0.1, 0.15) is 0 Å². The zero-order valence-electron chi connectivity index (χ0n) is 61.9. The molecule has 114 heavy (non-hydrogen) atoms. The van der Waals surface area contributed by atoms with Crippen molar-refractivity contribution in [2.24, 2.45) is 0 Å². The van der Waals surface area contributed by atoms with Gasteiger partial charge in [0.25, 0.3) is 0 Å². The molecule has 0 N–H and O–H groups in total. The summed E-state index contributed by atoms with van der Waals surface area (Å²) in [5, 5.41) is 15.5. The fraction of sp³-hybridized carbons (Fsp3) is 0. The number of rotatable bonds is 10. The first-order chi connectivity index (χ1) is 56.5. The Kier molecular flexibility index (Phi) is 15.3. The Morgan fingerprint density at radius 1 is 0.140 bits per heavy atom. The zero-order valence-corrected chi connectivity index (χ0v) is 63.5. The molecule has 24 aromatic rings. The molecule has 532 valence electrons. The second-order valence-electron chi connectivity index (χ2n) is 29.8. The minimum absolute atomic E-state index is 1.16. The lowest BCUT2D eigenvalue weighted by atomic mass is 9.99. The molecular weight excluding hydrogens is 1420 g/mol. The normalized spacial score (nSPS) is 11.9. The van der Waals surface area contributed by atoms with Crippen LogP contribution in [0.15, 0.2) is 413 Å². The van der Waals surface area contributed by atoms with Gasteiger partial charge in [-0.15, -0.1) is 22.7 Å². The Hall–Kier alpha value is -14.4. The van der Waals surface area contributed by atoms with Crippen LogP contribution in [-0.2, 0) is 0 Å². The van der Waals surface area contributed by atoms with E-state index in [0.717, 1.165) is 22.7 Å². The largest absolute Gasteiger partial charge is 0.309 e. The number of fused-ring (bicyclic) bond motifs is 20. The summed E-state index contributed by atoms with van der Waals surface area (Å²) in [6.45, 7) is 0. The number of thiophene rings is 2. The highest BCUT2D eigenvalue weighted by Gasteiger charge is 2.24. The molecule has 4 nitrogen and oxygen atoms in total. The maximum Gasteiger partial charge on any atom is 0.0555 e. The molecule has 0 atom stereocenters. The highest BCUT2D eigenvalue weighted by molar-refractivity contribution is 7.27. The molecule has 6 heterocycles. The first-order valence-electron chi connectivity index (χ1n) is 39.0. The molecule has 6 heteroatoms. The molecule has 0 aliphatic heterocycles. The summed E-state index contributed by atoms with van der Waals surface area (Å²) in [4.78, 5) is 0. The van der Waals surface area contributed by atoms with Crippen molar-refractivity contribution < 1.29 is 0 Å². The molecule has 0 spiro atoms. The monoisotopic (exact) mass is 1480 g/mol. The van der Waals surface area contributed by atoms with Crippen molar-refractivity contribution in [1.82, 2.24) is 18.3 Å². The van der Waals surface area contributed by atoms with Crippen LogP contribution in [0.2, 0.25) is 0 Å². The van der Waals surface area contributed by atoms with E-state index in [1.807, 2.05) is 22.7 Å². The average Bonchev–Trinajstić information content (AvgIpc) is 1.56. The summed E-state index contributed by atoms with van der Waals surface area (Å²) in [5.74, 6) is 0. The second-order valence-corrected chi connectivity index (χ2v) is 32.0. The predicted octanol–water partition coefficient (Wildman–Crippen LogP) is 30.5. The van der Waals surface area contributed by atoms with Gasteiger partial charge in [0.15, 0.2) is 0 Å². The van der Waals surface area contributed by atoms with Gasteiger partial charge in [-0.3, -0.25) is 0 Å². The molecule has 0 bridgehead atoms. The van der Waals surface area contributed by atoms with Crippen LogP contribution in [0.5, 0.6) is 0 Å². The quantitative estimate of drug-likeness (QED) is 0.130. The van der Waals surface area contributed by atoms with E-state index >= 15 is 0 Å². The highest BCUT2D eigenvalue weighted by Crippen LogP contribution is 2.48. The van der Waals surface area contributed by atoms with Crippen LogP contribution in [0.25, 0.3) is 217 Å². The van der Waals surface area contributed by atoms with Crippen molar-refractivity contribution in [1.29, 1.82) is 0 Å². The van der Waals surface area contributed by atoms with Crippen molar-refractivity contribution in [2.45, 2.75) is 0 Å². The van der Waals surface area contributed by atoms with Gasteiger partial charge in [-0.25, -0.2) is 0 Å². The molecular formula is C108H68N4S2. The molecule has 0 fully saturated rings. The molecule has 0 aliphatic rings. The van der Waals surface area contributed by atoms with Crippen LogP contribution in [0.3, 0.4) is 0 Å². The van der Waals surface area contributed by atoms with Gasteiger partial charge in [-0.2, -0.15) is 0 Å². The van der Waals surface area contributed by atoms with Crippen molar-refractivity contribution in [2.75, 3.05) is 0 Å². The van der Waals surface area contributed by atoms with E-state index in [2.05, 4.69) is 431 Å². The maximum absolute atomic E-state index is 2.45. The molecule has 0 saturated carbocycles. The Balaban J connectivity index is 0.000000135. The van der Waals surface area contributed by atoms with E-state index < -0.39 is 0 Å². The van der Waals surface area contributed by atoms with E-state index in [-0.39, 0.29) is 0 Å². The van der Waals surface area contributed by atoms with Crippen LogP contribution in [-0.4, -0.2) is 18.3 Å². The van der Waals surface area contributed by atoms with Gasteiger partial charge in [-0.1, -0.05) is 273 Å². The highest BCUT2D eigenvalue weighted by atomic mass is 32.1. The number of hydrogen-bond donors (Lipinski definition) is 0. The second kappa shape index (κ2) is 26.7. The lowest BCUT2D eigenvalue weighted by Gasteiger charge is -2.11. The van der Waals surface area contributed by atoms with Gasteiger partial charge in [0.2, 0.25) is 0 Å². The minimum Gasteiger partial charge on any atom is -0.309 e. The van der Waals surface area contributed by atoms with E-state index in [4.69, 9.17) is 0 Å². The average molecular weight is 1490 g/mol. The van der Waals surface area contributed by atoms with Crippen LogP contribution in [0.4, 0.5) is 0 Å². The summed E-state index contributed by atoms with van der Waals surface area (Å²) in [7, 11) is 0. The van der Waals surface area contributed by atoms with E-state index in [1.165, 1.54) is 194 Å². The fourth-order valence-electron chi connectivity index (χ4n) is 18.2. The summed E-state index contributed by atoms with van der Waals surface area (Å²) < 4.78 is 15.0. The van der Waals surface area contributed by atoms with Crippen LogP contribution in [0, 0.1) is 0 Å². The third-order valence-corrected chi connectivity index (χ3v) is 25.8. The Morgan fingerprint density at radius 2 is 0.456 bits per heavy atom. The Labute approximate surface area is 665 Å².